The number of fused-ring (bicyclic) bond motifs is 12. The molecule has 13 aromatic heterocycles. The Bertz CT molecular complexity index is 9600. The molecule has 0 saturated carbocycles. The Morgan fingerprint density at radius 2 is 0.633 bits per heavy atom. The molecular weight excluding hydrogens is 1910 g/mol. The third kappa shape index (κ3) is 19.1. The van der Waals surface area contributed by atoms with E-state index in [0.29, 0.717) is 123 Å². The highest BCUT2D eigenvalue weighted by atomic mass is 32.1. The van der Waals surface area contributed by atoms with Crippen molar-refractivity contribution in [3.05, 3.63) is 372 Å². The summed E-state index contributed by atoms with van der Waals surface area (Å²) in [7, 11) is 0. The number of rotatable bonds is 14. The van der Waals surface area contributed by atoms with Crippen LogP contribution in [-0.2, 0) is 16.0 Å². The van der Waals surface area contributed by atoms with Gasteiger partial charge in [0.05, 0.1) is 88.9 Å². The van der Waals surface area contributed by atoms with E-state index in [1.807, 2.05) is 304 Å². The molecule has 0 amide bonds. The lowest BCUT2D eigenvalue weighted by Crippen LogP contribution is -2.14. The van der Waals surface area contributed by atoms with Gasteiger partial charge in [-0.05, 0) is 257 Å². The van der Waals surface area contributed by atoms with Crippen LogP contribution in [0.25, 0.3) is 199 Å². The molecule has 0 fully saturated rings. The minimum atomic E-state index is -1.49. The minimum absolute atomic E-state index is 0.0474. The lowest BCUT2D eigenvalue weighted by Gasteiger charge is -2.11. The summed E-state index contributed by atoms with van der Waals surface area (Å²) in [4.78, 5) is 116. The number of carbonyl (C=O) groups is 7. The Labute approximate surface area is 859 Å². The minimum Gasteiger partial charge on any atom is -0.481 e. The van der Waals surface area contributed by atoms with Gasteiger partial charge in [-0.3, -0.25) is 14.6 Å². The monoisotopic (exact) mass is 2010 g/mol. The van der Waals surface area contributed by atoms with Crippen molar-refractivity contribution in [2.45, 2.75) is 110 Å². The molecule has 11 aromatic carbocycles. The number of nitrogens with zero attached hydrogens (tertiary/aromatic N) is 9. The molecule has 0 spiro atoms. The first-order valence-electron chi connectivity index (χ1n) is 47.8. The first-order chi connectivity index (χ1) is 71.9. The van der Waals surface area contributed by atoms with Gasteiger partial charge in [-0.25, -0.2) is 53.9 Å². The number of carboxylic acid groups (broad SMARTS) is 6. The van der Waals surface area contributed by atoms with Crippen LogP contribution in [-0.4, -0.2) is 117 Å². The van der Waals surface area contributed by atoms with Crippen molar-refractivity contribution in [2.24, 2.45) is 0 Å². The van der Waals surface area contributed by atoms with Crippen molar-refractivity contribution in [3.8, 4) is 67.8 Å². The van der Waals surface area contributed by atoms with Gasteiger partial charge in [0.2, 0.25) is 0 Å². The van der Waals surface area contributed by atoms with Gasteiger partial charge in [-0.1, -0.05) is 174 Å². The number of aromatic carboxylic acids is 4. The van der Waals surface area contributed by atoms with Crippen LogP contribution in [0.1, 0.15) is 141 Å². The predicted octanol–water partition coefficient (Wildman–Crippen LogP) is 28.9. The summed E-state index contributed by atoms with van der Waals surface area (Å²) in [6, 6.07) is 78.9. The number of Topliss-reactive ketones (excluding diaryl/α,β-unsaturated/α-hetero) is 1. The van der Waals surface area contributed by atoms with Crippen molar-refractivity contribution >= 4 is 184 Å². The second kappa shape index (κ2) is 40.6. The zero-order valence-corrected chi connectivity index (χ0v) is 84.8. The van der Waals surface area contributed by atoms with E-state index in [1.165, 1.54) is 17.6 Å². The first-order valence-corrected chi connectivity index (χ1v) is 48.6. The van der Waals surface area contributed by atoms with Crippen LogP contribution in [0.4, 0.5) is 0 Å². The van der Waals surface area contributed by atoms with E-state index in [1.54, 1.807) is 42.5 Å². The van der Waals surface area contributed by atoms with Crippen molar-refractivity contribution in [1.82, 2.24) is 44.4 Å². The molecule has 0 aliphatic carbocycles. The average molecular weight is 2010 g/mol. The average Bonchev–Trinajstić information content (AvgIpc) is 1.05. The molecule has 0 atom stereocenters. The maximum atomic E-state index is 12.4. The summed E-state index contributed by atoms with van der Waals surface area (Å²) >= 11 is 1.35. The Morgan fingerprint density at radius 3 is 1.10 bits per heavy atom. The van der Waals surface area contributed by atoms with Crippen LogP contribution < -0.4 is 0 Å². The van der Waals surface area contributed by atoms with Gasteiger partial charge in [0.15, 0.2) is 28.8 Å². The topological polar surface area (TPSA) is 423 Å². The standard InChI is InChI=1S/C22H17NO4.C22H19NO3.C20H16N2O3.C20H15NO3.C19H14N2O3.C19H14N2O2S/c1-11-8-12(2)19-15(9-11)16(20(24)22(25)26)10-17(23-19)21-13(3)14-6-4-5-7-18(14)27-21;1-12-8-13(2)21-17(9-12)15(11-20(24)25)10-18(23-21)22-14(3)16-6-4-5-7-19(16)26-22;1-10-8-14-15(20(23)24)9-16(22-18(14)12(3)21-10)19-11(2)13-6-4-5-7-17(13)25-19;1-11-6-5-8-14-15(20(22)23)10-16(21-18(11)14)19-12(2)13-7-3-4-9-17(13)24-19;2*1-10-7-8-11(2)17-16(10)13(19(22)23)9-15(20-17)18-12-5-3-4-6-14(12)21-24-18/h4-10H,1-3H3,(H,25,26);4-10H,11H2,1-3H3,(H,24,25);4-9H,1-3H3,(H,23,24);3-10H,1-2H3,(H,22,23);2*3-9H,1-2H3,(H,22,23). The predicted molar refractivity (Wildman–Crippen MR) is 583 cm³/mol. The van der Waals surface area contributed by atoms with E-state index in [9.17, 15) is 64.2 Å². The van der Waals surface area contributed by atoms with Crippen LogP contribution in [0.2, 0.25) is 0 Å². The normalized spacial score (nSPS) is 11.3. The number of carboxylic acids is 6. The molecular formula is C122H95N9O18S. The molecule has 0 unspecified atom stereocenters. The number of hydrogen-bond donors (Lipinski definition) is 6. The fourth-order valence-corrected chi connectivity index (χ4v) is 20.3. The van der Waals surface area contributed by atoms with Gasteiger partial charge in [0.25, 0.3) is 5.78 Å². The van der Waals surface area contributed by atoms with Crippen LogP contribution in [0.15, 0.2) is 277 Å². The molecule has 150 heavy (non-hydrogen) atoms. The van der Waals surface area contributed by atoms with Crippen molar-refractivity contribution in [1.29, 1.82) is 0 Å². The second-order valence-corrected chi connectivity index (χ2v) is 37.9. The Kier molecular flexibility index (Phi) is 27.0. The number of aryl methyl sites for hydroxylation is 15. The fourth-order valence-electron chi connectivity index (χ4n) is 19.5. The van der Waals surface area contributed by atoms with E-state index >= 15 is 0 Å². The van der Waals surface area contributed by atoms with E-state index in [4.69, 9.17) is 37.1 Å². The largest absolute Gasteiger partial charge is 0.481 e. The maximum absolute atomic E-state index is 12.4. The summed E-state index contributed by atoms with van der Waals surface area (Å²) in [6.07, 6.45) is -0.0474. The molecule has 27 nitrogen and oxygen atoms in total. The SMILES string of the molecule is Cc1c(-c2cc(C(=O)O)c3cccc(C)c3n2)oc2ccccc12.Cc1cc(C)c2nc(-c3oc4ccccc4c3C)cc(C(=O)C(=O)O)c2c1.Cc1cc(C)c2nc(-c3oc4ccccc4c3C)cc(CC(=O)O)c2c1.Cc1cc2c(C(=O)O)cc(-c3oc4ccccc4c3C)nc2c(C)n1.Cc1ccc(C)c2c(C(=O)O)cc(-c3onc4ccccc34)nc12.Cc1ccc(C)c2c(C(=O)O)cc(-c3snc4ccccc34)nc12. The molecule has 13 heterocycles. The van der Waals surface area contributed by atoms with Crippen molar-refractivity contribution in [2.75, 3.05) is 0 Å². The van der Waals surface area contributed by atoms with E-state index in [0.717, 1.165) is 165 Å². The van der Waals surface area contributed by atoms with Gasteiger partial charge >= 0.3 is 35.8 Å². The van der Waals surface area contributed by atoms with Crippen LogP contribution in [0.3, 0.4) is 0 Å². The molecule has 24 aromatic rings. The molecule has 742 valence electrons. The Hall–Kier alpha value is -19.0. The summed E-state index contributed by atoms with van der Waals surface area (Å²) in [5, 5.41) is 71.1. The number of hydrogen-bond acceptors (Lipinski definition) is 22. The quantitative estimate of drug-likeness (QED) is 0.0435. The van der Waals surface area contributed by atoms with Gasteiger partial charge in [-0.15, -0.1) is 0 Å². The maximum Gasteiger partial charge on any atom is 0.377 e. The molecule has 0 aliphatic heterocycles. The lowest BCUT2D eigenvalue weighted by molar-refractivity contribution is -0.136. The van der Waals surface area contributed by atoms with Gasteiger partial charge < -0.3 is 52.8 Å². The first kappa shape index (κ1) is 99.8. The summed E-state index contributed by atoms with van der Waals surface area (Å²) in [6.45, 7) is 28.9. The van der Waals surface area contributed by atoms with Gasteiger partial charge in [-0.2, -0.15) is 4.37 Å². The summed E-state index contributed by atoms with van der Waals surface area (Å²) in [5.74, 6) is -4.27. The number of carbonyl (C=O) groups excluding carboxylic acids is 1. The third-order valence-electron chi connectivity index (χ3n) is 26.7. The molecule has 0 bridgehead atoms. The summed E-state index contributed by atoms with van der Waals surface area (Å²) in [5.41, 5.74) is 27.7. The summed E-state index contributed by atoms with van der Waals surface area (Å²) < 4.78 is 33.8. The van der Waals surface area contributed by atoms with E-state index in [-0.39, 0.29) is 34.2 Å². The molecule has 0 aliphatic rings. The zero-order chi connectivity index (χ0) is 106. The van der Waals surface area contributed by atoms with E-state index in [2.05, 4.69) is 35.5 Å². The molecule has 6 N–H and O–H groups in total. The van der Waals surface area contributed by atoms with Gasteiger partial charge in [0.1, 0.15) is 56.3 Å². The highest BCUT2D eigenvalue weighted by molar-refractivity contribution is 7.11. The Morgan fingerprint density at radius 1 is 0.280 bits per heavy atom. The third-order valence-corrected chi connectivity index (χ3v) is 27.6. The number of para-hydroxylation sites is 5. The molecule has 0 radical (unpaired) electrons. The van der Waals surface area contributed by atoms with Crippen molar-refractivity contribution in [3.63, 3.8) is 0 Å². The molecule has 0 saturated heterocycles. The number of aromatic nitrogens is 9. The lowest BCUT2D eigenvalue weighted by atomic mass is 9.98. The number of pyridine rings is 7. The van der Waals surface area contributed by atoms with Crippen molar-refractivity contribution < 1.29 is 86.4 Å². The fraction of sp³-hybridized carbons (Fsp3) is 0.131. The van der Waals surface area contributed by atoms with Crippen LogP contribution in [0, 0.1) is 104 Å². The highest BCUT2D eigenvalue weighted by Crippen LogP contribution is 2.44. The van der Waals surface area contributed by atoms with E-state index < -0.39 is 41.6 Å². The zero-order valence-electron chi connectivity index (χ0n) is 84.0. The smallest absolute Gasteiger partial charge is 0.377 e. The number of benzene rings is 11. The number of aliphatic carboxylic acids is 2. The molecule has 24 rings (SSSR count). The number of ketones is 1. The van der Waals surface area contributed by atoms with Crippen LogP contribution >= 0.6 is 11.5 Å². The second-order valence-electron chi connectivity index (χ2n) is 37.2. The molecule has 28 heteroatoms. The highest BCUT2D eigenvalue weighted by Gasteiger charge is 2.29. The van der Waals surface area contributed by atoms with Crippen LogP contribution in [0.5, 0.6) is 0 Å². The number of furan rings is 4. The Balaban J connectivity index is 0.000000113. The van der Waals surface area contributed by atoms with Gasteiger partial charge in [0, 0.05) is 92.8 Å².